The summed E-state index contributed by atoms with van der Waals surface area (Å²) in [5.74, 6) is 0.475. The lowest BCUT2D eigenvalue weighted by Gasteiger charge is -2.32. The molecule has 0 radical (unpaired) electrons. The van der Waals surface area contributed by atoms with Crippen LogP contribution in [0, 0.1) is 11.3 Å². The minimum absolute atomic E-state index is 0.222. The maximum atomic E-state index is 12.2. The van der Waals surface area contributed by atoms with Gasteiger partial charge in [-0.25, -0.2) is 0 Å². The third-order valence-corrected chi connectivity index (χ3v) is 3.04. The molecule has 15 heavy (non-hydrogen) atoms. The first-order valence-electron chi connectivity index (χ1n) is 5.67. The molecule has 0 amide bonds. The topological polar surface area (TPSA) is 26.3 Å². The van der Waals surface area contributed by atoms with Crippen molar-refractivity contribution in [2.45, 2.75) is 60.4 Å². The van der Waals surface area contributed by atoms with Gasteiger partial charge in [0.2, 0.25) is 0 Å². The van der Waals surface area contributed by atoms with E-state index in [0.717, 1.165) is 0 Å². The van der Waals surface area contributed by atoms with E-state index >= 15 is 0 Å². The molecule has 0 saturated heterocycles. The molecule has 2 nitrogen and oxygen atoms in total. The van der Waals surface area contributed by atoms with Crippen LogP contribution in [0.15, 0.2) is 0 Å². The molecule has 0 N–H and O–H groups in total. The Morgan fingerprint density at radius 1 is 1.13 bits per heavy atom. The molecule has 0 aliphatic heterocycles. The van der Waals surface area contributed by atoms with Gasteiger partial charge in [-0.2, -0.15) is 0 Å². The van der Waals surface area contributed by atoms with E-state index in [1.54, 1.807) is 0 Å². The molecule has 0 bridgehead atoms. The maximum Gasteiger partial charge on any atom is 0.184 e. The number of rotatable bonds is 4. The van der Waals surface area contributed by atoms with Crippen LogP contribution < -0.4 is 0 Å². The number of carbonyl (C=O) groups is 1. The van der Waals surface area contributed by atoms with E-state index in [4.69, 9.17) is 4.43 Å². The lowest BCUT2D eigenvalue weighted by atomic mass is 9.84. The zero-order valence-electron chi connectivity index (χ0n) is 11.5. The van der Waals surface area contributed by atoms with Crippen molar-refractivity contribution in [3.63, 3.8) is 0 Å². The van der Waals surface area contributed by atoms with E-state index in [2.05, 4.69) is 33.5 Å². The lowest BCUT2D eigenvalue weighted by molar-refractivity contribution is -0.135. The van der Waals surface area contributed by atoms with Gasteiger partial charge in [-0.05, 0) is 25.6 Å². The summed E-state index contributed by atoms with van der Waals surface area (Å²) >= 11 is 0. The van der Waals surface area contributed by atoms with E-state index in [1.807, 2.05) is 20.8 Å². The van der Waals surface area contributed by atoms with Crippen molar-refractivity contribution >= 4 is 14.1 Å². The van der Waals surface area contributed by atoms with E-state index in [0.29, 0.717) is 0 Å². The number of carbonyl (C=O) groups excluding carboxylic acids is 1. The Morgan fingerprint density at radius 2 is 1.53 bits per heavy atom. The molecular weight excluding hydrogens is 204 g/mol. The van der Waals surface area contributed by atoms with Gasteiger partial charge in [-0.15, -0.1) is 0 Å². The predicted molar refractivity (Wildman–Crippen MR) is 67.5 cm³/mol. The van der Waals surface area contributed by atoms with E-state index < -0.39 is 8.32 Å². The average molecular weight is 230 g/mol. The summed E-state index contributed by atoms with van der Waals surface area (Å²) in [6.07, 6.45) is -0.239. The van der Waals surface area contributed by atoms with Crippen LogP contribution in [0.3, 0.4) is 0 Å². The maximum absolute atomic E-state index is 12.2. The van der Waals surface area contributed by atoms with E-state index in [1.165, 1.54) is 0 Å². The minimum atomic E-state index is -1.65. The number of hydrogen-bond donors (Lipinski definition) is 0. The Labute approximate surface area is 95.5 Å². The number of ketones is 1. The minimum Gasteiger partial charge on any atom is -0.407 e. The van der Waals surface area contributed by atoms with Crippen molar-refractivity contribution in [2.75, 3.05) is 0 Å². The molecule has 1 unspecified atom stereocenters. The molecule has 0 aromatic heterocycles. The summed E-state index contributed by atoms with van der Waals surface area (Å²) in [4.78, 5) is 12.2. The Bertz CT molecular complexity index is 221. The molecule has 0 fully saturated rings. The van der Waals surface area contributed by atoms with Gasteiger partial charge in [0.05, 0.1) is 0 Å². The molecular formula is C12H26O2Si. The normalized spacial score (nSPS) is 15.5. The second kappa shape index (κ2) is 4.79. The van der Waals surface area contributed by atoms with Gasteiger partial charge in [-0.3, -0.25) is 4.79 Å². The molecule has 0 heterocycles. The molecule has 0 aromatic rings. The molecule has 0 aromatic carbocycles. The molecule has 3 heteroatoms. The second-order valence-electron chi connectivity index (χ2n) is 6.51. The zero-order chi connectivity index (χ0) is 12.4. The van der Waals surface area contributed by atoms with Gasteiger partial charge in [0.15, 0.2) is 14.1 Å². The summed E-state index contributed by atoms with van der Waals surface area (Å²) in [6.45, 7) is 16.3. The molecule has 0 aliphatic rings. The van der Waals surface area contributed by atoms with Crippen LogP contribution in [0.2, 0.25) is 19.6 Å². The van der Waals surface area contributed by atoms with Gasteiger partial charge in [0.25, 0.3) is 0 Å². The molecule has 0 spiro atoms. The third kappa shape index (κ3) is 5.47. The SMILES string of the molecule is CC(C)C(O[Si](C)(C)C)C(=O)C(C)(C)C. The highest BCUT2D eigenvalue weighted by molar-refractivity contribution is 6.69. The summed E-state index contributed by atoms with van der Waals surface area (Å²) in [5, 5.41) is 0. The third-order valence-electron chi connectivity index (χ3n) is 2.08. The Morgan fingerprint density at radius 3 is 1.73 bits per heavy atom. The highest BCUT2D eigenvalue weighted by Gasteiger charge is 2.35. The molecule has 0 rings (SSSR count). The van der Waals surface area contributed by atoms with Crippen LogP contribution in [0.5, 0.6) is 0 Å². The number of Topliss-reactive ketones (excluding diaryl/α,β-unsaturated/α-hetero) is 1. The first-order valence-corrected chi connectivity index (χ1v) is 9.08. The van der Waals surface area contributed by atoms with Crippen LogP contribution in [0.25, 0.3) is 0 Å². The summed E-state index contributed by atoms with van der Waals surface area (Å²) in [7, 11) is -1.65. The largest absolute Gasteiger partial charge is 0.407 e. The average Bonchev–Trinajstić information content (AvgIpc) is 1.94. The summed E-state index contributed by atoms with van der Waals surface area (Å²) in [5.41, 5.74) is -0.311. The van der Waals surface area contributed by atoms with Crippen molar-refractivity contribution in [1.82, 2.24) is 0 Å². The standard InChI is InChI=1S/C12H26O2Si/c1-9(2)10(14-15(6,7)8)11(13)12(3,4)5/h9-10H,1-8H3. The van der Waals surface area contributed by atoms with Gasteiger partial charge >= 0.3 is 0 Å². The van der Waals surface area contributed by atoms with Crippen LogP contribution in [0.1, 0.15) is 34.6 Å². The van der Waals surface area contributed by atoms with Crippen molar-refractivity contribution in [3.8, 4) is 0 Å². The smallest absolute Gasteiger partial charge is 0.184 e. The van der Waals surface area contributed by atoms with Gasteiger partial charge < -0.3 is 4.43 Å². The fourth-order valence-electron chi connectivity index (χ4n) is 1.30. The summed E-state index contributed by atoms with van der Waals surface area (Å²) in [6, 6.07) is 0. The zero-order valence-corrected chi connectivity index (χ0v) is 12.5. The molecule has 0 aliphatic carbocycles. The van der Waals surface area contributed by atoms with Crippen LogP contribution in [-0.2, 0) is 9.22 Å². The Balaban J connectivity index is 4.77. The Hall–Kier alpha value is -0.153. The fraction of sp³-hybridized carbons (Fsp3) is 0.917. The van der Waals surface area contributed by atoms with Crippen molar-refractivity contribution in [2.24, 2.45) is 11.3 Å². The number of hydrogen-bond acceptors (Lipinski definition) is 2. The molecule has 0 saturated carbocycles. The van der Waals surface area contributed by atoms with Gasteiger partial charge in [0.1, 0.15) is 6.10 Å². The quantitative estimate of drug-likeness (QED) is 0.691. The molecule has 90 valence electrons. The van der Waals surface area contributed by atoms with Gasteiger partial charge in [-0.1, -0.05) is 34.6 Å². The Kier molecular flexibility index (Phi) is 4.74. The predicted octanol–water partition coefficient (Wildman–Crippen LogP) is 3.48. The van der Waals surface area contributed by atoms with E-state index in [9.17, 15) is 4.79 Å². The van der Waals surface area contributed by atoms with E-state index in [-0.39, 0.29) is 23.2 Å². The van der Waals surface area contributed by atoms with Crippen molar-refractivity contribution < 1.29 is 9.22 Å². The molecule has 1 atom stereocenters. The fourth-order valence-corrected chi connectivity index (χ4v) is 2.44. The monoisotopic (exact) mass is 230 g/mol. The van der Waals surface area contributed by atoms with Crippen LogP contribution >= 0.6 is 0 Å². The van der Waals surface area contributed by atoms with Gasteiger partial charge in [0, 0.05) is 5.41 Å². The first kappa shape index (κ1) is 14.8. The van der Waals surface area contributed by atoms with Crippen molar-refractivity contribution in [3.05, 3.63) is 0 Å². The first-order chi connectivity index (χ1) is 6.45. The highest BCUT2D eigenvalue weighted by atomic mass is 28.4. The van der Waals surface area contributed by atoms with Crippen LogP contribution in [-0.4, -0.2) is 20.2 Å². The van der Waals surface area contributed by atoms with Crippen molar-refractivity contribution in [1.29, 1.82) is 0 Å². The van der Waals surface area contributed by atoms with Crippen LogP contribution in [0.4, 0.5) is 0 Å². The second-order valence-corrected chi connectivity index (χ2v) is 11.0. The summed E-state index contributed by atoms with van der Waals surface area (Å²) < 4.78 is 5.98. The lowest BCUT2D eigenvalue weighted by Crippen LogP contribution is -2.44. The highest BCUT2D eigenvalue weighted by Crippen LogP contribution is 2.24.